The zero-order chi connectivity index (χ0) is 22.2. The van der Waals surface area contributed by atoms with Crippen molar-refractivity contribution >= 4 is 11.9 Å². The number of hydrogen-bond donors (Lipinski definition) is 2. The van der Waals surface area contributed by atoms with E-state index in [0.29, 0.717) is 37.5 Å². The average molecular weight is 422 g/mol. The van der Waals surface area contributed by atoms with Gasteiger partial charge in [-0.2, -0.15) is 0 Å². The molecule has 0 unspecified atom stereocenters. The number of ether oxygens (including phenoxy) is 2. The number of carboxylic acid groups (broad SMARTS) is 1. The van der Waals surface area contributed by atoms with Crippen LogP contribution in [0.3, 0.4) is 0 Å². The van der Waals surface area contributed by atoms with E-state index in [0.717, 1.165) is 37.2 Å². The van der Waals surface area contributed by atoms with E-state index in [-0.39, 0.29) is 12.3 Å². The zero-order valence-corrected chi connectivity index (χ0v) is 18.9. The van der Waals surface area contributed by atoms with Gasteiger partial charge in [0.15, 0.2) is 11.5 Å². The van der Waals surface area contributed by atoms with Crippen molar-refractivity contribution in [3.05, 3.63) is 23.8 Å². The van der Waals surface area contributed by atoms with Crippen molar-refractivity contribution in [3.63, 3.8) is 0 Å². The van der Waals surface area contributed by atoms with Crippen LogP contribution in [0.2, 0.25) is 0 Å². The molecule has 1 amide bonds. The van der Waals surface area contributed by atoms with Crippen molar-refractivity contribution in [1.82, 2.24) is 5.32 Å². The summed E-state index contributed by atoms with van der Waals surface area (Å²) in [6, 6.07) is 5.66. The molecule has 0 aliphatic rings. The highest BCUT2D eigenvalue weighted by Crippen LogP contribution is 2.28. The van der Waals surface area contributed by atoms with Crippen LogP contribution >= 0.6 is 0 Å². The molecule has 170 valence electrons. The number of carbonyl (C=O) groups is 2. The van der Waals surface area contributed by atoms with Crippen LogP contribution < -0.4 is 14.8 Å². The smallest absolute Gasteiger partial charge is 0.303 e. The lowest BCUT2D eigenvalue weighted by molar-refractivity contribution is -0.137. The molecule has 0 fully saturated rings. The summed E-state index contributed by atoms with van der Waals surface area (Å²) in [5, 5.41) is 11.6. The van der Waals surface area contributed by atoms with Crippen LogP contribution in [0.1, 0.15) is 83.6 Å². The summed E-state index contributed by atoms with van der Waals surface area (Å²) in [5.74, 6) is 1.37. The summed E-state index contributed by atoms with van der Waals surface area (Å²) in [6.07, 6.45) is 8.79. The van der Waals surface area contributed by atoms with Crippen molar-refractivity contribution in [1.29, 1.82) is 0 Å². The molecule has 2 N–H and O–H groups in total. The Morgan fingerprint density at radius 3 is 2.37 bits per heavy atom. The molecule has 0 saturated heterocycles. The third kappa shape index (κ3) is 12.3. The number of unbranched alkanes of at least 4 members (excludes halogenated alkanes) is 5. The Balaban J connectivity index is 2.28. The molecule has 0 bridgehead atoms. The minimum absolute atomic E-state index is 0.0829. The van der Waals surface area contributed by atoms with Crippen LogP contribution in [-0.4, -0.2) is 30.7 Å². The maximum absolute atomic E-state index is 12.0. The van der Waals surface area contributed by atoms with Crippen LogP contribution in [0.15, 0.2) is 18.2 Å². The third-order valence-corrected chi connectivity index (χ3v) is 4.95. The van der Waals surface area contributed by atoms with Crippen molar-refractivity contribution in [2.24, 2.45) is 5.92 Å². The highest BCUT2D eigenvalue weighted by molar-refractivity contribution is 5.75. The molecule has 0 spiro atoms. The maximum atomic E-state index is 12.0. The molecule has 1 aromatic rings. The second-order valence-corrected chi connectivity index (χ2v) is 8.16. The molecule has 1 rings (SSSR count). The Morgan fingerprint density at radius 1 is 0.967 bits per heavy atom. The molecule has 30 heavy (non-hydrogen) atoms. The van der Waals surface area contributed by atoms with Gasteiger partial charge in [0.2, 0.25) is 5.91 Å². The van der Waals surface area contributed by atoms with Crippen LogP contribution in [0.25, 0.3) is 0 Å². The predicted molar refractivity (Wildman–Crippen MR) is 119 cm³/mol. The molecule has 0 saturated carbocycles. The van der Waals surface area contributed by atoms with E-state index in [1.165, 1.54) is 19.3 Å². The van der Waals surface area contributed by atoms with Gasteiger partial charge in [0, 0.05) is 19.4 Å². The number of carbonyl (C=O) groups excluding carboxylic acids is 1. The largest absolute Gasteiger partial charge is 0.493 e. The summed E-state index contributed by atoms with van der Waals surface area (Å²) >= 11 is 0. The van der Waals surface area contributed by atoms with Gasteiger partial charge < -0.3 is 19.9 Å². The normalized spacial score (nSPS) is 10.8. The van der Waals surface area contributed by atoms with E-state index in [1.54, 1.807) is 7.11 Å². The van der Waals surface area contributed by atoms with Crippen LogP contribution in [0.4, 0.5) is 0 Å². The second kappa shape index (κ2) is 15.6. The Labute approximate surface area is 181 Å². The Kier molecular flexibility index (Phi) is 13.4. The zero-order valence-electron chi connectivity index (χ0n) is 18.9. The second-order valence-electron chi connectivity index (χ2n) is 8.16. The molecule has 0 aromatic heterocycles. The number of hydrogen-bond acceptors (Lipinski definition) is 4. The van der Waals surface area contributed by atoms with E-state index in [4.69, 9.17) is 14.6 Å². The number of amides is 1. The summed E-state index contributed by atoms with van der Waals surface area (Å²) in [6.45, 7) is 5.47. The topological polar surface area (TPSA) is 84.9 Å². The monoisotopic (exact) mass is 421 g/mol. The van der Waals surface area contributed by atoms with E-state index in [2.05, 4.69) is 19.2 Å². The number of methoxy groups -OCH3 is 1. The highest BCUT2D eigenvalue weighted by atomic mass is 16.5. The van der Waals surface area contributed by atoms with Crippen molar-refractivity contribution < 1.29 is 24.2 Å². The standard InChI is InChI=1S/C24H39NO5/c1-19(2)11-7-4-5-8-12-23(26)25-18-20-14-15-21(22(17-20)29-3)30-16-10-6-9-13-24(27)28/h14-15,17,19H,4-13,16,18H2,1-3H3,(H,25,26)(H,27,28). The van der Waals surface area contributed by atoms with E-state index in [9.17, 15) is 9.59 Å². The molecule has 6 heteroatoms. The number of nitrogens with one attached hydrogen (secondary N) is 1. The van der Waals surface area contributed by atoms with Crippen LogP contribution in [-0.2, 0) is 16.1 Å². The summed E-state index contributed by atoms with van der Waals surface area (Å²) < 4.78 is 11.2. The number of carboxylic acids is 1. The Hall–Kier alpha value is -2.24. The molecule has 0 aliphatic carbocycles. The lowest BCUT2D eigenvalue weighted by atomic mass is 10.0. The first-order chi connectivity index (χ1) is 14.4. The summed E-state index contributed by atoms with van der Waals surface area (Å²) in [5.41, 5.74) is 0.964. The predicted octanol–water partition coefficient (Wildman–Crippen LogP) is 5.33. The van der Waals surface area contributed by atoms with E-state index in [1.807, 2.05) is 18.2 Å². The lowest BCUT2D eigenvalue weighted by Crippen LogP contribution is -2.22. The summed E-state index contributed by atoms with van der Waals surface area (Å²) in [4.78, 5) is 22.5. The van der Waals surface area contributed by atoms with Gasteiger partial charge >= 0.3 is 5.97 Å². The van der Waals surface area contributed by atoms with Gasteiger partial charge in [-0.3, -0.25) is 9.59 Å². The molecular weight excluding hydrogens is 382 g/mol. The van der Waals surface area contributed by atoms with E-state index < -0.39 is 5.97 Å². The third-order valence-electron chi connectivity index (χ3n) is 4.95. The van der Waals surface area contributed by atoms with Gasteiger partial charge in [-0.1, -0.05) is 45.6 Å². The van der Waals surface area contributed by atoms with Gasteiger partial charge in [0.05, 0.1) is 13.7 Å². The quantitative estimate of drug-likeness (QED) is 0.332. The van der Waals surface area contributed by atoms with Crippen LogP contribution in [0.5, 0.6) is 11.5 Å². The fourth-order valence-electron chi connectivity index (χ4n) is 3.16. The lowest BCUT2D eigenvalue weighted by Gasteiger charge is -2.13. The number of rotatable bonds is 17. The molecule has 6 nitrogen and oxygen atoms in total. The van der Waals surface area contributed by atoms with Crippen LogP contribution in [0, 0.1) is 5.92 Å². The minimum Gasteiger partial charge on any atom is -0.493 e. The average Bonchev–Trinajstić information content (AvgIpc) is 2.71. The first-order valence-electron chi connectivity index (χ1n) is 11.2. The van der Waals surface area contributed by atoms with E-state index >= 15 is 0 Å². The molecule has 0 atom stereocenters. The van der Waals surface area contributed by atoms with Gasteiger partial charge in [0.1, 0.15) is 0 Å². The molecule has 0 heterocycles. The molecular formula is C24H39NO5. The van der Waals surface area contributed by atoms with Gasteiger partial charge in [-0.05, 0) is 49.3 Å². The minimum atomic E-state index is -0.762. The first kappa shape index (κ1) is 25.8. The molecule has 0 aliphatic heterocycles. The molecule has 1 aromatic carbocycles. The highest BCUT2D eigenvalue weighted by Gasteiger charge is 2.08. The van der Waals surface area contributed by atoms with Crippen molar-refractivity contribution in [2.75, 3.05) is 13.7 Å². The Morgan fingerprint density at radius 2 is 1.67 bits per heavy atom. The number of aliphatic carboxylic acids is 1. The van der Waals surface area contributed by atoms with Gasteiger partial charge in [-0.25, -0.2) is 0 Å². The Bertz CT molecular complexity index is 630. The first-order valence-corrected chi connectivity index (χ1v) is 11.2. The SMILES string of the molecule is COc1cc(CNC(=O)CCCCCCC(C)C)ccc1OCCCCCC(=O)O. The number of benzene rings is 1. The van der Waals surface area contributed by atoms with Gasteiger partial charge in [-0.15, -0.1) is 0 Å². The maximum Gasteiger partial charge on any atom is 0.303 e. The summed E-state index contributed by atoms with van der Waals surface area (Å²) in [7, 11) is 1.59. The fourth-order valence-corrected chi connectivity index (χ4v) is 3.16. The fraction of sp³-hybridized carbons (Fsp3) is 0.667. The van der Waals surface area contributed by atoms with Gasteiger partial charge in [0.25, 0.3) is 0 Å². The molecule has 0 radical (unpaired) electrons. The van der Waals surface area contributed by atoms with Crippen molar-refractivity contribution in [2.45, 2.75) is 84.6 Å². The van der Waals surface area contributed by atoms with Crippen molar-refractivity contribution in [3.8, 4) is 11.5 Å².